The van der Waals surface area contributed by atoms with Gasteiger partial charge in [0.2, 0.25) is 0 Å². The number of ether oxygens (including phenoxy) is 1. The first kappa shape index (κ1) is 17.3. The molecule has 0 unspecified atom stereocenters. The minimum absolute atomic E-state index is 0.375. The van der Waals surface area contributed by atoms with Crippen molar-refractivity contribution in [3.05, 3.63) is 28.5 Å². The van der Waals surface area contributed by atoms with Crippen molar-refractivity contribution >= 4 is 17.6 Å². The van der Waals surface area contributed by atoms with Gasteiger partial charge in [-0.05, 0) is 19.1 Å². The minimum atomic E-state index is -0.392. The van der Waals surface area contributed by atoms with Crippen molar-refractivity contribution in [1.82, 2.24) is 4.98 Å². The van der Waals surface area contributed by atoms with Gasteiger partial charge in [0.15, 0.2) is 0 Å². The first-order valence-corrected chi connectivity index (χ1v) is 5.74. The van der Waals surface area contributed by atoms with E-state index >= 15 is 0 Å². The van der Waals surface area contributed by atoms with Crippen molar-refractivity contribution < 1.29 is 9.53 Å². The molecule has 1 aromatic heterocycles. The topological polar surface area (TPSA) is 39.2 Å². The van der Waals surface area contributed by atoms with E-state index in [0.717, 1.165) is 0 Å². The molecular weight excluding hydrogens is 226 g/mol. The van der Waals surface area contributed by atoms with Crippen LogP contribution in [0.5, 0.6) is 0 Å². The summed E-state index contributed by atoms with van der Waals surface area (Å²) in [6, 6.07) is 3.15. The first-order chi connectivity index (χ1) is 7.65. The normalized spacial score (nSPS) is 7.94. The molecule has 0 aromatic carbocycles. The number of esters is 1. The van der Waals surface area contributed by atoms with Crippen LogP contribution in [0.3, 0.4) is 0 Å². The van der Waals surface area contributed by atoms with Gasteiger partial charge in [0, 0.05) is 0 Å². The Balaban J connectivity index is 0. The Hall–Kier alpha value is -1.09. The van der Waals surface area contributed by atoms with E-state index in [9.17, 15) is 4.79 Å². The average molecular weight is 246 g/mol. The summed E-state index contributed by atoms with van der Waals surface area (Å²) in [5.41, 5.74) is 1.02. The summed E-state index contributed by atoms with van der Waals surface area (Å²) in [7, 11) is 1.33. The predicted molar refractivity (Wildman–Crippen MR) is 68.0 cm³/mol. The molecular formula is C12H20ClNO2. The number of pyridine rings is 1. The number of rotatable bonds is 1. The number of nitrogens with zero attached hydrogens (tertiary/aromatic N) is 1. The Morgan fingerprint density at radius 2 is 1.75 bits per heavy atom. The van der Waals surface area contributed by atoms with E-state index < -0.39 is 5.97 Å². The maximum Gasteiger partial charge on any atom is 0.339 e. The van der Waals surface area contributed by atoms with E-state index in [-0.39, 0.29) is 0 Å². The smallest absolute Gasteiger partial charge is 0.339 e. The molecule has 0 fully saturated rings. The highest BCUT2D eigenvalue weighted by atomic mass is 35.5. The molecule has 1 heterocycles. The third kappa shape index (κ3) is 5.71. The number of aromatic nitrogens is 1. The molecule has 0 bridgehead atoms. The molecule has 4 heteroatoms. The second-order valence-corrected chi connectivity index (χ2v) is 2.65. The second kappa shape index (κ2) is 10.4. The van der Waals surface area contributed by atoms with Crippen molar-refractivity contribution in [1.29, 1.82) is 0 Å². The van der Waals surface area contributed by atoms with Gasteiger partial charge < -0.3 is 4.74 Å². The van der Waals surface area contributed by atoms with Gasteiger partial charge in [0.05, 0.1) is 18.4 Å². The number of hydrogen-bond acceptors (Lipinski definition) is 3. The summed E-state index contributed by atoms with van der Waals surface area (Å²) in [6.45, 7) is 9.71. The van der Waals surface area contributed by atoms with Crippen LogP contribution in [-0.4, -0.2) is 18.1 Å². The van der Waals surface area contributed by atoms with Crippen molar-refractivity contribution in [3.8, 4) is 0 Å². The molecule has 0 amide bonds. The van der Waals surface area contributed by atoms with Gasteiger partial charge >= 0.3 is 5.97 Å². The lowest BCUT2D eigenvalue weighted by Crippen LogP contribution is -2.04. The monoisotopic (exact) mass is 245 g/mol. The molecule has 1 rings (SSSR count). The molecule has 1 aromatic rings. The fourth-order valence-corrected chi connectivity index (χ4v) is 1.05. The van der Waals surface area contributed by atoms with Crippen molar-refractivity contribution in [2.75, 3.05) is 7.11 Å². The highest BCUT2D eigenvalue weighted by molar-refractivity contribution is 6.29. The Morgan fingerprint density at radius 3 is 2.12 bits per heavy atom. The zero-order chi connectivity index (χ0) is 13.1. The molecule has 0 atom stereocenters. The predicted octanol–water partition coefficient (Wildman–Crippen LogP) is 3.88. The Labute approximate surface area is 103 Å². The Bertz CT molecular complexity index is 314. The van der Waals surface area contributed by atoms with Crippen LogP contribution < -0.4 is 0 Å². The number of methoxy groups -OCH3 is 1. The molecule has 0 aliphatic carbocycles. The molecule has 16 heavy (non-hydrogen) atoms. The summed E-state index contributed by atoms with van der Waals surface area (Å²) in [5.74, 6) is -0.392. The SMILES string of the molecule is CC.CC.COC(=O)c1ccc(Cl)nc1C. The van der Waals surface area contributed by atoms with Crippen LogP contribution in [0.4, 0.5) is 0 Å². The number of hydrogen-bond donors (Lipinski definition) is 0. The average Bonchev–Trinajstić information content (AvgIpc) is 2.33. The van der Waals surface area contributed by atoms with Crippen LogP contribution >= 0.6 is 11.6 Å². The molecule has 92 valence electrons. The molecule has 0 aliphatic heterocycles. The molecule has 0 saturated heterocycles. The fourth-order valence-electron chi connectivity index (χ4n) is 0.856. The van der Waals surface area contributed by atoms with Crippen LogP contribution in [0.25, 0.3) is 0 Å². The fraction of sp³-hybridized carbons (Fsp3) is 0.500. The molecule has 0 N–H and O–H groups in total. The molecule has 0 radical (unpaired) electrons. The summed E-state index contributed by atoms with van der Waals surface area (Å²) in [4.78, 5) is 14.9. The quantitative estimate of drug-likeness (QED) is 0.557. The van der Waals surface area contributed by atoms with Gasteiger partial charge in [-0.1, -0.05) is 39.3 Å². The number of aryl methyl sites for hydroxylation is 1. The van der Waals surface area contributed by atoms with Crippen LogP contribution in [0.2, 0.25) is 5.15 Å². The summed E-state index contributed by atoms with van der Waals surface area (Å²) in [5, 5.41) is 0.375. The minimum Gasteiger partial charge on any atom is -0.465 e. The van der Waals surface area contributed by atoms with E-state index in [1.807, 2.05) is 27.7 Å². The Morgan fingerprint density at radius 1 is 1.25 bits per heavy atom. The highest BCUT2D eigenvalue weighted by Crippen LogP contribution is 2.11. The van der Waals surface area contributed by atoms with E-state index in [2.05, 4.69) is 9.72 Å². The van der Waals surface area contributed by atoms with Crippen LogP contribution in [0.15, 0.2) is 12.1 Å². The van der Waals surface area contributed by atoms with Crippen molar-refractivity contribution in [2.24, 2.45) is 0 Å². The van der Waals surface area contributed by atoms with Crippen LogP contribution in [0.1, 0.15) is 43.7 Å². The van der Waals surface area contributed by atoms with Gasteiger partial charge in [0.1, 0.15) is 5.15 Å². The number of halogens is 1. The maximum absolute atomic E-state index is 11.0. The lowest BCUT2D eigenvalue weighted by Gasteiger charge is -2.01. The van der Waals surface area contributed by atoms with Crippen molar-refractivity contribution in [3.63, 3.8) is 0 Å². The standard InChI is InChI=1S/C8H8ClNO2.2C2H6/c1-5-6(8(11)12-2)3-4-7(9)10-5;2*1-2/h3-4H,1-2H3;2*1-2H3. The van der Waals surface area contributed by atoms with Gasteiger partial charge in [-0.25, -0.2) is 9.78 Å². The summed E-state index contributed by atoms with van der Waals surface area (Å²) >= 11 is 5.60. The zero-order valence-corrected chi connectivity index (χ0v) is 11.6. The molecule has 3 nitrogen and oxygen atoms in total. The summed E-state index contributed by atoms with van der Waals surface area (Å²) < 4.78 is 4.53. The largest absolute Gasteiger partial charge is 0.465 e. The van der Waals surface area contributed by atoms with E-state index in [4.69, 9.17) is 11.6 Å². The van der Waals surface area contributed by atoms with Crippen LogP contribution in [0, 0.1) is 6.92 Å². The number of carbonyl (C=O) groups excluding carboxylic acids is 1. The second-order valence-electron chi connectivity index (χ2n) is 2.26. The maximum atomic E-state index is 11.0. The molecule has 0 spiro atoms. The van der Waals surface area contributed by atoms with E-state index in [1.165, 1.54) is 7.11 Å². The van der Waals surface area contributed by atoms with Crippen molar-refractivity contribution in [2.45, 2.75) is 34.6 Å². The van der Waals surface area contributed by atoms with Gasteiger partial charge in [-0.2, -0.15) is 0 Å². The molecule has 0 aliphatic rings. The Kier molecular flexibility index (Phi) is 11.3. The van der Waals surface area contributed by atoms with Crippen LogP contribution in [-0.2, 0) is 4.74 Å². The van der Waals surface area contributed by atoms with Gasteiger partial charge in [0.25, 0.3) is 0 Å². The third-order valence-electron chi connectivity index (χ3n) is 1.46. The lowest BCUT2D eigenvalue weighted by molar-refractivity contribution is 0.0599. The lowest BCUT2D eigenvalue weighted by atomic mass is 10.2. The zero-order valence-electron chi connectivity index (χ0n) is 10.8. The summed E-state index contributed by atoms with van der Waals surface area (Å²) in [6.07, 6.45) is 0. The first-order valence-electron chi connectivity index (χ1n) is 5.36. The highest BCUT2D eigenvalue weighted by Gasteiger charge is 2.09. The van der Waals surface area contributed by atoms with E-state index in [1.54, 1.807) is 19.1 Å². The number of carbonyl (C=O) groups is 1. The molecule has 0 saturated carbocycles. The van der Waals surface area contributed by atoms with Gasteiger partial charge in [-0.3, -0.25) is 0 Å². The van der Waals surface area contributed by atoms with Gasteiger partial charge in [-0.15, -0.1) is 0 Å². The third-order valence-corrected chi connectivity index (χ3v) is 1.67. The van der Waals surface area contributed by atoms with E-state index in [0.29, 0.717) is 16.4 Å².